The third-order valence-electron chi connectivity index (χ3n) is 2.35. The van der Waals surface area contributed by atoms with Crippen molar-refractivity contribution in [1.82, 2.24) is 0 Å². The summed E-state index contributed by atoms with van der Waals surface area (Å²) < 4.78 is 13.2. The minimum absolute atomic E-state index is 0.179. The van der Waals surface area contributed by atoms with Crippen molar-refractivity contribution in [2.45, 2.75) is 9.79 Å². The van der Waals surface area contributed by atoms with Gasteiger partial charge in [-0.05, 0) is 36.4 Å². The third kappa shape index (κ3) is 3.41. The fourth-order valence-electron chi connectivity index (χ4n) is 1.47. The number of hydrogen-bond donors (Lipinski definition) is 2. The first kappa shape index (κ1) is 14.2. The molecule has 2 aromatic rings. The maximum Gasteiger partial charge on any atom is 0.124 e. The molecule has 0 aromatic heterocycles. The van der Waals surface area contributed by atoms with Crippen molar-refractivity contribution < 1.29 is 4.39 Å². The molecular formula is C13H9Cl2FN2S. The number of benzene rings is 2. The minimum atomic E-state index is -0.427. The Hall–Kier alpha value is -1.23. The van der Waals surface area contributed by atoms with E-state index in [1.54, 1.807) is 24.3 Å². The number of rotatable bonds is 3. The number of nitrogens with one attached hydrogen (secondary N) is 1. The number of nitrogen functional groups attached to an aromatic ring is 1. The van der Waals surface area contributed by atoms with Crippen LogP contribution in [0.4, 0.5) is 4.39 Å². The number of hydrogen-bond acceptors (Lipinski definition) is 2. The average Bonchev–Trinajstić information content (AvgIpc) is 2.36. The van der Waals surface area contributed by atoms with Crippen LogP contribution < -0.4 is 5.73 Å². The van der Waals surface area contributed by atoms with Gasteiger partial charge in [-0.1, -0.05) is 35.0 Å². The van der Waals surface area contributed by atoms with Crippen molar-refractivity contribution >= 4 is 40.8 Å². The predicted octanol–water partition coefficient (Wildman–Crippen LogP) is 4.57. The first-order valence-electron chi connectivity index (χ1n) is 5.24. The van der Waals surface area contributed by atoms with Crippen LogP contribution in [0.2, 0.25) is 10.0 Å². The van der Waals surface area contributed by atoms with Gasteiger partial charge in [-0.25, -0.2) is 4.39 Å². The zero-order chi connectivity index (χ0) is 14.0. The quantitative estimate of drug-likeness (QED) is 0.644. The molecule has 0 heterocycles. The molecule has 19 heavy (non-hydrogen) atoms. The van der Waals surface area contributed by atoms with E-state index in [0.29, 0.717) is 20.5 Å². The monoisotopic (exact) mass is 314 g/mol. The van der Waals surface area contributed by atoms with Crippen LogP contribution in [-0.4, -0.2) is 5.84 Å². The van der Waals surface area contributed by atoms with Gasteiger partial charge in [0.15, 0.2) is 0 Å². The summed E-state index contributed by atoms with van der Waals surface area (Å²) in [5, 5.41) is 8.38. The van der Waals surface area contributed by atoms with Gasteiger partial charge in [-0.3, -0.25) is 5.41 Å². The van der Waals surface area contributed by atoms with Gasteiger partial charge in [-0.2, -0.15) is 0 Å². The lowest BCUT2D eigenvalue weighted by Gasteiger charge is -2.08. The second kappa shape index (κ2) is 5.82. The molecule has 2 aromatic carbocycles. The maximum absolute atomic E-state index is 13.2. The molecule has 0 aliphatic carbocycles. The molecule has 0 unspecified atom stereocenters. The topological polar surface area (TPSA) is 49.9 Å². The van der Waals surface area contributed by atoms with Crippen LogP contribution >= 0.6 is 35.0 Å². The van der Waals surface area contributed by atoms with E-state index in [4.69, 9.17) is 34.3 Å². The summed E-state index contributed by atoms with van der Waals surface area (Å²) in [5.41, 5.74) is 5.80. The molecular weight excluding hydrogens is 306 g/mol. The molecule has 0 saturated carbocycles. The molecule has 2 rings (SSSR count). The van der Waals surface area contributed by atoms with E-state index in [1.807, 2.05) is 0 Å². The van der Waals surface area contributed by atoms with Gasteiger partial charge < -0.3 is 5.73 Å². The van der Waals surface area contributed by atoms with Crippen molar-refractivity contribution in [3.8, 4) is 0 Å². The molecule has 0 aliphatic heterocycles. The Morgan fingerprint density at radius 3 is 2.47 bits per heavy atom. The lowest BCUT2D eigenvalue weighted by molar-refractivity contribution is 0.626. The normalized spacial score (nSPS) is 10.5. The van der Waals surface area contributed by atoms with Crippen molar-refractivity contribution in [1.29, 1.82) is 5.41 Å². The van der Waals surface area contributed by atoms with E-state index in [1.165, 1.54) is 23.9 Å². The molecule has 0 radical (unpaired) electrons. The van der Waals surface area contributed by atoms with Gasteiger partial charge in [0.05, 0.1) is 10.0 Å². The number of nitrogens with two attached hydrogens (primary N) is 1. The van der Waals surface area contributed by atoms with Crippen LogP contribution in [0, 0.1) is 11.2 Å². The van der Waals surface area contributed by atoms with Gasteiger partial charge in [0, 0.05) is 15.4 Å². The van der Waals surface area contributed by atoms with Crippen LogP contribution in [-0.2, 0) is 0 Å². The summed E-state index contributed by atoms with van der Waals surface area (Å²) in [6.45, 7) is 0. The first-order chi connectivity index (χ1) is 8.97. The summed E-state index contributed by atoms with van der Waals surface area (Å²) in [5.74, 6) is -0.606. The van der Waals surface area contributed by atoms with E-state index in [-0.39, 0.29) is 5.84 Å². The molecule has 6 heteroatoms. The van der Waals surface area contributed by atoms with Crippen molar-refractivity contribution in [2.75, 3.05) is 0 Å². The third-order valence-corrected chi connectivity index (χ3v) is 4.16. The highest BCUT2D eigenvalue weighted by atomic mass is 35.5. The fraction of sp³-hybridized carbons (Fsp3) is 0. The number of halogens is 3. The molecule has 0 atom stereocenters. The summed E-state index contributed by atoms with van der Waals surface area (Å²) in [6, 6.07) is 9.34. The standard InChI is InChI=1S/C13H9Cl2FN2S/c14-10-3-2-8(6-11(10)15)19-12-4-1-7(16)5-9(12)13(17)18/h1-6H,(H3,17,18). The van der Waals surface area contributed by atoms with Gasteiger partial charge in [0.2, 0.25) is 0 Å². The highest BCUT2D eigenvalue weighted by Gasteiger charge is 2.09. The summed E-state index contributed by atoms with van der Waals surface area (Å²) in [4.78, 5) is 1.52. The zero-order valence-electron chi connectivity index (χ0n) is 9.58. The smallest absolute Gasteiger partial charge is 0.124 e. The molecule has 0 fully saturated rings. The van der Waals surface area contributed by atoms with E-state index in [2.05, 4.69) is 0 Å². The maximum atomic E-state index is 13.2. The Kier molecular flexibility index (Phi) is 4.34. The van der Waals surface area contributed by atoms with Gasteiger partial charge >= 0.3 is 0 Å². The summed E-state index contributed by atoms with van der Waals surface area (Å²) in [7, 11) is 0. The van der Waals surface area contributed by atoms with Gasteiger partial charge in [0.1, 0.15) is 11.7 Å². The Morgan fingerprint density at radius 2 is 1.84 bits per heavy atom. The molecule has 0 saturated heterocycles. The molecule has 3 N–H and O–H groups in total. The van der Waals surface area contributed by atoms with Crippen molar-refractivity contribution in [3.63, 3.8) is 0 Å². The van der Waals surface area contributed by atoms with Gasteiger partial charge in [-0.15, -0.1) is 0 Å². The Balaban J connectivity index is 2.37. The SMILES string of the molecule is N=C(N)c1cc(F)ccc1Sc1ccc(Cl)c(Cl)c1. The van der Waals surface area contributed by atoms with Crippen molar-refractivity contribution in [3.05, 3.63) is 57.8 Å². The molecule has 2 nitrogen and oxygen atoms in total. The zero-order valence-corrected chi connectivity index (χ0v) is 11.9. The second-order valence-corrected chi connectivity index (χ2v) is 5.66. The Bertz CT molecular complexity index is 647. The van der Waals surface area contributed by atoms with Crippen LogP contribution in [0.3, 0.4) is 0 Å². The van der Waals surface area contributed by atoms with Crippen LogP contribution in [0.15, 0.2) is 46.2 Å². The number of amidine groups is 1. The van der Waals surface area contributed by atoms with Crippen molar-refractivity contribution in [2.24, 2.45) is 5.73 Å². The van der Waals surface area contributed by atoms with Crippen LogP contribution in [0.25, 0.3) is 0 Å². The highest BCUT2D eigenvalue weighted by molar-refractivity contribution is 7.99. The van der Waals surface area contributed by atoms with E-state index in [9.17, 15) is 4.39 Å². The second-order valence-electron chi connectivity index (χ2n) is 3.73. The molecule has 0 aliphatic rings. The first-order valence-corrected chi connectivity index (χ1v) is 6.81. The highest BCUT2D eigenvalue weighted by Crippen LogP contribution is 2.34. The molecule has 0 bridgehead atoms. The Labute approximate surface area is 124 Å². The minimum Gasteiger partial charge on any atom is -0.384 e. The molecule has 0 amide bonds. The molecule has 0 spiro atoms. The lowest BCUT2D eigenvalue weighted by Crippen LogP contribution is -2.12. The Morgan fingerprint density at radius 1 is 1.11 bits per heavy atom. The van der Waals surface area contributed by atoms with Crippen LogP contribution in [0.1, 0.15) is 5.56 Å². The summed E-state index contributed by atoms with van der Waals surface area (Å²) >= 11 is 13.1. The van der Waals surface area contributed by atoms with Crippen LogP contribution in [0.5, 0.6) is 0 Å². The predicted molar refractivity (Wildman–Crippen MR) is 78.0 cm³/mol. The largest absolute Gasteiger partial charge is 0.384 e. The molecule has 98 valence electrons. The lowest BCUT2D eigenvalue weighted by atomic mass is 10.2. The van der Waals surface area contributed by atoms with E-state index in [0.717, 1.165) is 4.90 Å². The van der Waals surface area contributed by atoms with Gasteiger partial charge in [0.25, 0.3) is 0 Å². The summed E-state index contributed by atoms with van der Waals surface area (Å²) in [6.07, 6.45) is 0. The van der Waals surface area contributed by atoms with E-state index < -0.39 is 5.82 Å². The average molecular weight is 315 g/mol. The van der Waals surface area contributed by atoms with E-state index >= 15 is 0 Å². The fourth-order valence-corrected chi connectivity index (χ4v) is 2.81.